The van der Waals surface area contributed by atoms with Crippen molar-refractivity contribution in [2.45, 2.75) is 6.54 Å². The number of benzene rings is 2. The zero-order chi connectivity index (χ0) is 19.3. The van der Waals surface area contributed by atoms with Gasteiger partial charge < -0.3 is 19.3 Å². The number of rotatable bonds is 7. The normalized spacial score (nSPS) is 10.6. The number of aromatic nitrogens is 6. The molecular formula is C18H17N7O3. The fraction of sp³-hybridized carbons (Fsp3) is 0.167. The maximum absolute atomic E-state index is 5.39. The molecule has 0 aliphatic carbocycles. The van der Waals surface area contributed by atoms with Gasteiger partial charge in [-0.25, -0.2) is 4.68 Å². The monoisotopic (exact) mass is 379 g/mol. The summed E-state index contributed by atoms with van der Waals surface area (Å²) in [6, 6.07) is 13.1. The molecule has 2 aromatic heterocycles. The van der Waals surface area contributed by atoms with Gasteiger partial charge in [-0.1, -0.05) is 5.16 Å². The Bertz CT molecular complexity index is 1050. The molecular weight excluding hydrogens is 362 g/mol. The van der Waals surface area contributed by atoms with Gasteiger partial charge in [0.2, 0.25) is 11.7 Å². The predicted molar refractivity (Wildman–Crippen MR) is 99.3 cm³/mol. The first kappa shape index (κ1) is 17.5. The van der Waals surface area contributed by atoms with E-state index < -0.39 is 0 Å². The summed E-state index contributed by atoms with van der Waals surface area (Å²) in [7, 11) is 3.18. The molecule has 0 saturated carbocycles. The molecule has 0 spiro atoms. The summed E-state index contributed by atoms with van der Waals surface area (Å²) in [5, 5.41) is 18.4. The maximum atomic E-state index is 5.39. The number of hydrogen-bond donors (Lipinski definition) is 1. The van der Waals surface area contributed by atoms with E-state index in [2.05, 4.69) is 31.0 Å². The smallest absolute Gasteiger partial charge is 0.246 e. The molecule has 4 rings (SSSR count). The lowest BCUT2D eigenvalue weighted by Crippen LogP contribution is -2.01. The standard InChI is InChI=1S/C18H17N7O3/c1-26-14-7-8-15(16(9-14)27-2)18-21-17(28-22-18)10-19-12-3-5-13(6-4-12)25-11-20-23-24-25/h3-9,11,19H,10H2,1-2H3. The predicted octanol–water partition coefficient (Wildman–Crippen LogP) is 2.34. The van der Waals surface area contributed by atoms with Crippen molar-refractivity contribution < 1.29 is 14.0 Å². The molecule has 0 amide bonds. The van der Waals surface area contributed by atoms with Crippen molar-refractivity contribution in [2.75, 3.05) is 19.5 Å². The van der Waals surface area contributed by atoms with Gasteiger partial charge in [-0.15, -0.1) is 5.10 Å². The lowest BCUT2D eigenvalue weighted by atomic mass is 10.2. The van der Waals surface area contributed by atoms with Crippen LogP contribution in [0.15, 0.2) is 53.3 Å². The highest BCUT2D eigenvalue weighted by atomic mass is 16.5. The molecule has 1 N–H and O–H groups in total. The lowest BCUT2D eigenvalue weighted by Gasteiger charge is -2.07. The number of anilines is 1. The Morgan fingerprint density at radius 3 is 2.64 bits per heavy atom. The van der Waals surface area contributed by atoms with E-state index >= 15 is 0 Å². The number of nitrogens with zero attached hydrogens (tertiary/aromatic N) is 6. The summed E-state index contributed by atoms with van der Waals surface area (Å²) in [4.78, 5) is 4.43. The third-order valence-corrected chi connectivity index (χ3v) is 4.04. The van der Waals surface area contributed by atoms with Gasteiger partial charge in [0.05, 0.1) is 32.0 Å². The van der Waals surface area contributed by atoms with Gasteiger partial charge in [-0.05, 0) is 46.8 Å². The van der Waals surface area contributed by atoms with Crippen LogP contribution in [0, 0.1) is 0 Å². The molecule has 0 atom stereocenters. The summed E-state index contributed by atoms with van der Waals surface area (Å²) < 4.78 is 17.5. The second-order valence-corrected chi connectivity index (χ2v) is 5.73. The van der Waals surface area contributed by atoms with Crippen molar-refractivity contribution in [1.29, 1.82) is 0 Å². The molecule has 10 nitrogen and oxygen atoms in total. The fourth-order valence-corrected chi connectivity index (χ4v) is 2.61. The molecule has 4 aromatic rings. The van der Waals surface area contributed by atoms with E-state index in [1.807, 2.05) is 36.4 Å². The quantitative estimate of drug-likeness (QED) is 0.517. The van der Waals surface area contributed by atoms with Gasteiger partial charge in [0.1, 0.15) is 17.8 Å². The van der Waals surface area contributed by atoms with Crippen LogP contribution >= 0.6 is 0 Å². The Morgan fingerprint density at radius 2 is 1.93 bits per heavy atom. The molecule has 2 aromatic carbocycles. The molecule has 0 bridgehead atoms. The minimum absolute atomic E-state index is 0.385. The Balaban J connectivity index is 1.44. The third kappa shape index (κ3) is 3.61. The van der Waals surface area contributed by atoms with E-state index in [0.717, 1.165) is 16.9 Å². The summed E-state index contributed by atoms with van der Waals surface area (Å²) in [5.41, 5.74) is 2.49. The molecule has 0 saturated heterocycles. The number of methoxy groups -OCH3 is 2. The maximum Gasteiger partial charge on any atom is 0.246 e. The average Bonchev–Trinajstić information content (AvgIpc) is 3.44. The van der Waals surface area contributed by atoms with Crippen LogP contribution in [-0.4, -0.2) is 44.6 Å². The lowest BCUT2D eigenvalue weighted by molar-refractivity contribution is 0.382. The van der Waals surface area contributed by atoms with Crippen LogP contribution in [0.25, 0.3) is 17.1 Å². The summed E-state index contributed by atoms with van der Waals surface area (Å²) >= 11 is 0. The Morgan fingerprint density at radius 1 is 1.07 bits per heavy atom. The minimum atomic E-state index is 0.385. The van der Waals surface area contributed by atoms with E-state index in [1.165, 1.54) is 6.33 Å². The largest absolute Gasteiger partial charge is 0.497 e. The van der Waals surface area contributed by atoms with E-state index in [0.29, 0.717) is 29.8 Å². The van der Waals surface area contributed by atoms with E-state index in [1.54, 1.807) is 25.0 Å². The van der Waals surface area contributed by atoms with Crippen molar-refractivity contribution in [3.8, 4) is 28.6 Å². The molecule has 0 aliphatic heterocycles. The van der Waals surface area contributed by atoms with Crippen molar-refractivity contribution in [3.05, 3.63) is 54.7 Å². The van der Waals surface area contributed by atoms with Gasteiger partial charge in [0, 0.05) is 11.8 Å². The molecule has 0 fully saturated rings. The Kier molecular flexibility index (Phi) is 4.83. The Hall–Kier alpha value is -3.95. The second-order valence-electron chi connectivity index (χ2n) is 5.73. The fourth-order valence-electron chi connectivity index (χ4n) is 2.61. The first-order valence-electron chi connectivity index (χ1n) is 8.39. The van der Waals surface area contributed by atoms with Crippen LogP contribution in [-0.2, 0) is 6.54 Å². The van der Waals surface area contributed by atoms with Gasteiger partial charge in [-0.3, -0.25) is 0 Å². The van der Waals surface area contributed by atoms with Gasteiger partial charge in [0.25, 0.3) is 0 Å². The number of nitrogens with one attached hydrogen (secondary N) is 1. The molecule has 10 heteroatoms. The van der Waals surface area contributed by atoms with Gasteiger partial charge in [0.15, 0.2) is 0 Å². The third-order valence-electron chi connectivity index (χ3n) is 4.04. The summed E-state index contributed by atoms with van der Waals surface area (Å²) in [6.07, 6.45) is 1.54. The van der Waals surface area contributed by atoms with Crippen molar-refractivity contribution in [3.63, 3.8) is 0 Å². The van der Waals surface area contributed by atoms with Crippen LogP contribution in [0.3, 0.4) is 0 Å². The highest BCUT2D eigenvalue weighted by molar-refractivity contribution is 5.65. The average molecular weight is 379 g/mol. The number of ether oxygens (including phenoxy) is 2. The second kappa shape index (κ2) is 7.74. The first-order chi connectivity index (χ1) is 13.8. The molecule has 0 unspecified atom stereocenters. The number of hydrogen-bond acceptors (Lipinski definition) is 9. The minimum Gasteiger partial charge on any atom is -0.497 e. The van der Waals surface area contributed by atoms with E-state index in [4.69, 9.17) is 14.0 Å². The summed E-state index contributed by atoms with van der Waals surface area (Å²) in [5.74, 6) is 2.21. The zero-order valence-corrected chi connectivity index (χ0v) is 15.2. The molecule has 2 heterocycles. The van der Waals surface area contributed by atoms with Crippen molar-refractivity contribution in [1.82, 2.24) is 30.3 Å². The highest BCUT2D eigenvalue weighted by Gasteiger charge is 2.14. The van der Waals surface area contributed by atoms with Crippen LogP contribution in [0.4, 0.5) is 5.69 Å². The van der Waals surface area contributed by atoms with Gasteiger partial charge in [-0.2, -0.15) is 4.98 Å². The number of tetrazole rings is 1. The topological polar surface area (TPSA) is 113 Å². The Labute approximate surface area is 160 Å². The molecule has 0 aliphatic rings. The molecule has 28 heavy (non-hydrogen) atoms. The van der Waals surface area contributed by atoms with Crippen LogP contribution in [0.2, 0.25) is 0 Å². The van der Waals surface area contributed by atoms with Crippen LogP contribution < -0.4 is 14.8 Å². The SMILES string of the molecule is COc1ccc(-c2noc(CNc3ccc(-n4cnnn4)cc3)n2)c(OC)c1. The van der Waals surface area contributed by atoms with Crippen molar-refractivity contribution in [2.24, 2.45) is 0 Å². The molecule has 0 radical (unpaired) electrons. The molecule has 142 valence electrons. The van der Waals surface area contributed by atoms with E-state index in [-0.39, 0.29) is 0 Å². The first-order valence-corrected chi connectivity index (χ1v) is 8.39. The van der Waals surface area contributed by atoms with E-state index in [9.17, 15) is 0 Å². The van der Waals surface area contributed by atoms with Crippen molar-refractivity contribution >= 4 is 5.69 Å². The van der Waals surface area contributed by atoms with Crippen LogP contribution in [0.5, 0.6) is 11.5 Å². The van der Waals surface area contributed by atoms with Gasteiger partial charge >= 0.3 is 0 Å². The zero-order valence-electron chi connectivity index (χ0n) is 15.2. The van der Waals surface area contributed by atoms with Crippen LogP contribution in [0.1, 0.15) is 5.89 Å². The highest BCUT2D eigenvalue weighted by Crippen LogP contribution is 2.31. The summed E-state index contributed by atoms with van der Waals surface area (Å²) in [6.45, 7) is 0.385.